The van der Waals surface area contributed by atoms with Crippen LogP contribution in [0.5, 0.6) is 0 Å². The molecule has 0 bridgehead atoms. The highest BCUT2D eigenvalue weighted by Crippen LogP contribution is 2.39. The second-order valence-corrected chi connectivity index (χ2v) is 5.88. The van der Waals surface area contributed by atoms with E-state index in [0.717, 1.165) is 24.2 Å². The van der Waals surface area contributed by atoms with Crippen LogP contribution >= 0.6 is 0 Å². The van der Waals surface area contributed by atoms with Gasteiger partial charge in [0.1, 0.15) is 11.5 Å². The van der Waals surface area contributed by atoms with Crippen LogP contribution in [0.2, 0.25) is 0 Å². The number of aromatic nitrogens is 3. The number of aryl methyl sites for hydroxylation is 1. The highest BCUT2D eigenvalue weighted by molar-refractivity contribution is 6.02. The maximum atomic E-state index is 13.5. The predicted molar refractivity (Wildman–Crippen MR) is 84.1 cm³/mol. The number of anilines is 1. The molecule has 0 radical (unpaired) electrons. The first-order chi connectivity index (χ1) is 11.1. The monoisotopic (exact) mass is 310 g/mol. The van der Waals surface area contributed by atoms with Crippen LogP contribution in [0.3, 0.4) is 0 Å². The van der Waals surface area contributed by atoms with Crippen molar-refractivity contribution in [3.63, 3.8) is 0 Å². The van der Waals surface area contributed by atoms with E-state index in [1.807, 2.05) is 6.20 Å². The molecule has 5 nitrogen and oxygen atoms in total. The van der Waals surface area contributed by atoms with Crippen LogP contribution in [-0.2, 0) is 0 Å². The summed E-state index contributed by atoms with van der Waals surface area (Å²) in [6.07, 6.45) is 4.20. The average Bonchev–Trinajstić information content (AvgIpc) is 3.30. The van der Waals surface area contributed by atoms with Crippen LogP contribution in [-0.4, -0.2) is 20.5 Å². The summed E-state index contributed by atoms with van der Waals surface area (Å²) in [5.41, 5.74) is 2.96. The molecule has 0 unspecified atom stereocenters. The molecule has 1 aromatic carbocycles. The fraction of sp³-hybridized carbons (Fsp3) is 0.235. The molecule has 23 heavy (non-hydrogen) atoms. The number of carbonyl (C=O) groups is 1. The molecule has 6 heteroatoms. The van der Waals surface area contributed by atoms with Gasteiger partial charge in [-0.2, -0.15) is 5.10 Å². The topological polar surface area (TPSA) is 59.3 Å². The minimum Gasteiger partial charge on any atom is -0.320 e. The number of rotatable bonds is 3. The predicted octanol–water partition coefficient (Wildman–Crippen LogP) is 3.31. The Balaban J connectivity index is 1.59. The zero-order chi connectivity index (χ0) is 16.0. The molecule has 1 saturated carbocycles. The van der Waals surface area contributed by atoms with Crippen LogP contribution in [0, 0.1) is 12.7 Å². The van der Waals surface area contributed by atoms with Crippen LogP contribution in [0.25, 0.3) is 5.65 Å². The summed E-state index contributed by atoms with van der Waals surface area (Å²) in [6.45, 7) is 1.67. The number of hydrogen-bond acceptors (Lipinski definition) is 3. The van der Waals surface area contributed by atoms with Gasteiger partial charge in [0.2, 0.25) is 0 Å². The lowest BCUT2D eigenvalue weighted by Gasteiger charge is -2.06. The highest BCUT2D eigenvalue weighted by atomic mass is 19.1. The Hall–Kier alpha value is -2.76. The number of hydrogen-bond donors (Lipinski definition) is 1. The van der Waals surface area contributed by atoms with Gasteiger partial charge in [-0.25, -0.2) is 13.9 Å². The molecule has 0 saturated heterocycles. The van der Waals surface area contributed by atoms with Crippen molar-refractivity contribution in [3.05, 3.63) is 59.3 Å². The summed E-state index contributed by atoms with van der Waals surface area (Å²) in [4.78, 5) is 16.8. The van der Waals surface area contributed by atoms with Crippen molar-refractivity contribution < 1.29 is 9.18 Å². The van der Waals surface area contributed by atoms with Crippen molar-refractivity contribution in [1.82, 2.24) is 14.6 Å². The van der Waals surface area contributed by atoms with E-state index >= 15 is 0 Å². The number of carbonyl (C=O) groups excluding carboxylic acids is 1. The average molecular weight is 310 g/mol. The first-order valence-corrected chi connectivity index (χ1v) is 7.54. The number of halogens is 1. The molecule has 2 heterocycles. The number of nitrogens with one attached hydrogen (secondary N) is 1. The van der Waals surface area contributed by atoms with Gasteiger partial charge in [-0.05, 0) is 49.6 Å². The molecule has 3 aromatic rings. The lowest BCUT2D eigenvalue weighted by Crippen LogP contribution is -2.15. The molecule has 1 amide bonds. The largest absolute Gasteiger partial charge is 0.320 e. The Bertz CT molecular complexity index is 914. The third-order valence-electron chi connectivity index (χ3n) is 4.00. The molecule has 0 spiro atoms. The first kappa shape index (κ1) is 13.9. The molecule has 1 fully saturated rings. The van der Waals surface area contributed by atoms with Crippen molar-refractivity contribution in [1.29, 1.82) is 0 Å². The lowest BCUT2D eigenvalue weighted by molar-refractivity contribution is 0.102. The smallest absolute Gasteiger partial charge is 0.276 e. The van der Waals surface area contributed by atoms with E-state index in [2.05, 4.69) is 15.4 Å². The maximum absolute atomic E-state index is 13.5. The molecule has 0 atom stereocenters. The molecule has 116 valence electrons. The van der Waals surface area contributed by atoms with Gasteiger partial charge in [0, 0.05) is 11.6 Å². The van der Waals surface area contributed by atoms with Gasteiger partial charge in [-0.3, -0.25) is 4.79 Å². The van der Waals surface area contributed by atoms with Crippen LogP contribution in [0.1, 0.15) is 40.5 Å². The molecule has 2 aromatic heterocycles. The van der Waals surface area contributed by atoms with Crippen molar-refractivity contribution in [3.8, 4) is 0 Å². The van der Waals surface area contributed by atoms with E-state index in [1.54, 1.807) is 35.7 Å². The molecule has 4 rings (SSSR count). The van der Waals surface area contributed by atoms with Crippen molar-refractivity contribution in [2.45, 2.75) is 25.7 Å². The number of benzene rings is 1. The van der Waals surface area contributed by atoms with Crippen molar-refractivity contribution in [2.75, 3.05) is 5.32 Å². The van der Waals surface area contributed by atoms with E-state index in [4.69, 9.17) is 0 Å². The van der Waals surface area contributed by atoms with Gasteiger partial charge in [0.05, 0.1) is 11.9 Å². The summed E-state index contributed by atoms with van der Waals surface area (Å²) in [6, 6.07) is 7.98. The molecule has 1 aliphatic rings. The van der Waals surface area contributed by atoms with E-state index < -0.39 is 0 Å². The normalized spacial score (nSPS) is 14.2. The molecular formula is C17H15FN4O. The van der Waals surface area contributed by atoms with Crippen molar-refractivity contribution in [2.24, 2.45) is 0 Å². The zero-order valence-corrected chi connectivity index (χ0v) is 12.6. The second-order valence-electron chi connectivity index (χ2n) is 5.88. The summed E-state index contributed by atoms with van der Waals surface area (Å²) in [7, 11) is 0. The van der Waals surface area contributed by atoms with Crippen LogP contribution < -0.4 is 5.32 Å². The van der Waals surface area contributed by atoms with E-state index in [9.17, 15) is 9.18 Å². The Labute approximate surface area is 132 Å². The SMILES string of the molecule is Cc1ccc(NC(=O)c2ccc3nc(C4CC4)cn3n2)cc1F. The Morgan fingerprint density at radius 2 is 2.13 bits per heavy atom. The minimum atomic E-state index is -0.378. The van der Waals surface area contributed by atoms with Gasteiger partial charge >= 0.3 is 0 Å². The second kappa shape index (κ2) is 5.15. The zero-order valence-electron chi connectivity index (χ0n) is 12.6. The van der Waals surface area contributed by atoms with Crippen LogP contribution in [0.4, 0.5) is 10.1 Å². The summed E-state index contributed by atoms with van der Waals surface area (Å²) in [5, 5.41) is 6.95. The molecular weight excluding hydrogens is 295 g/mol. The van der Waals surface area contributed by atoms with E-state index in [1.165, 1.54) is 6.07 Å². The Morgan fingerprint density at radius 3 is 2.87 bits per heavy atom. The number of imidazole rings is 1. The quantitative estimate of drug-likeness (QED) is 0.807. The Kier molecular flexibility index (Phi) is 3.11. The van der Waals surface area contributed by atoms with Crippen LogP contribution in [0.15, 0.2) is 36.5 Å². The minimum absolute atomic E-state index is 0.262. The lowest BCUT2D eigenvalue weighted by atomic mass is 10.2. The number of nitrogens with zero attached hydrogens (tertiary/aromatic N) is 3. The standard InChI is InChI=1S/C17H15FN4O/c1-10-2-5-12(8-13(10)18)19-17(23)14-6-7-16-20-15(11-3-4-11)9-22(16)21-14/h2,5-9,11H,3-4H2,1H3,(H,19,23). The van der Waals surface area contributed by atoms with Gasteiger partial charge in [0.25, 0.3) is 5.91 Å². The van der Waals surface area contributed by atoms with E-state index in [0.29, 0.717) is 17.2 Å². The molecule has 0 aliphatic heterocycles. The van der Waals surface area contributed by atoms with Crippen molar-refractivity contribution >= 4 is 17.2 Å². The fourth-order valence-corrected chi connectivity index (χ4v) is 2.46. The summed E-state index contributed by atoms with van der Waals surface area (Å²) >= 11 is 0. The highest BCUT2D eigenvalue weighted by Gasteiger charge is 2.26. The number of fused-ring (bicyclic) bond motifs is 1. The third kappa shape index (κ3) is 2.67. The molecule has 1 aliphatic carbocycles. The molecule has 1 N–H and O–H groups in total. The van der Waals surface area contributed by atoms with Gasteiger partial charge in [-0.1, -0.05) is 6.07 Å². The third-order valence-corrected chi connectivity index (χ3v) is 4.00. The first-order valence-electron chi connectivity index (χ1n) is 7.54. The summed E-state index contributed by atoms with van der Waals surface area (Å²) in [5.74, 6) is -0.198. The van der Waals surface area contributed by atoms with Gasteiger partial charge < -0.3 is 5.32 Å². The fourth-order valence-electron chi connectivity index (χ4n) is 2.46. The summed E-state index contributed by atoms with van der Waals surface area (Å²) < 4.78 is 15.2. The Morgan fingerprint density at radius 1 is 1.30 bits per heavy atom. The van der Waals surface area contributed by atoms with Gasteiger partial charge in [0.15, 0.2) is 5.65 Å². The number of amides is 1. The maximum Gasteiger partial charge on any atom is 0.276 e. The van der Waals surface area contributed by atoms with E-state index in [-0.39, 0.29) is 17.4 Å². The van der Waals surface area contributed by atoms with Gasteiger partial charge in [-0.15, -0.1) is 0 Å².